The summed E-state index contributed by atoms with van der Waals surface area (Å²) >= 11 is 0. The Hall–Kier alpha value is -2.90. The summed E-state index contributed by atoms with van der Waals surface area (Å²) in [6.45, 7) is 0. The van der Waals surface area contributed by atoms with Crippen molar-refractivity contribution >= 4 is 29.4 Å². The lowest BCUT2D eigenvalue weighted by Crippen LogP contribution is -2.33. The maximum atomic E-state index is 11.6. The highest BCUT2D eigenvalue weighted by Crippen LogP contribution is 2.19. The molecule has 8 nitrogen and oxygen atoms in total. The highest BCUT2D eigenvalue weighted by molar-refractivity contribution is 6.39. The van der Waals surface area contributed by atoms with E-state index in [-0.39, 0.29) is 16.8 Å². The van der Waals surface area contributed by atoms with Crippen LogP contribution in [0.4, 0.5) is 5.69 Å². The second kappa shape index (κ2) is 7.04. The van der Waals surface area contributed by atoms with Crippen LogP contribution < -0.4 is 10.6 Å². The van der Waals surface area contributed by atoms with Crippen LogP contribution >= 0.6 is 0 Å². The molecule has 0 aliphatic heterocycles. The van der Waals surface area contributed by atoms with Gasteiger partial charge in [0, 0.05) is 7.05 Å². The summed E-state index contributed by atoms with van der Waals surface area (Å²) in [5, 5.41) is 4.37. The van der Waals surface area contributed by atoms with Crippen molar-refractivity contribution in [2.45, 2.75) is 0 Å². The Kier molecular flexibility index (Phi) is 5.41. The van der Waals surface area contributed by atoms with Gasteiger partial charge in [0.15, 0.2) is 0 Å². The number of anilines is 1. The molecule has 8 heteroatoms. The Morgan fingerprint density at radius 2 is 1.57 bits per heavy atom. The first-order valence-electron chi connectivity index (χ1n) is 5.78. The maximum absolute atomic E-state index is 11.6. The Morgan fingerprint density at radius 3 is 2.10 bits per heavy atom. The summed E-state index contributed by atoms with van der Waals surface area (Å²) in [6, 6.07) is 3.85. The molecule has 0 saturated heterocycles. The van der Waals surface area contributed by atoms with E-state index in [1.165, 1.54) is 39.5 Å². The lowest BCUT2D eigenvalue weighted by Gasteiger charge is -2.10. The fraction of sp³-hybridized carbons (Fsp3) is 0.231. The van der Waals surface area contributed by atoms with Crippen molar-refractivity contribution in [3.63, 3.8) is 0 Å². The van der Waals surface area contributed by atoms with Gasteiger partial charge in [-0.15, -0.1) is 0 Å². The number of carbonyl (C=O) groups excluding carboxylic acids is 4. The predicted octanol–water partition coefficient (Wildman–Crippen LogP) is -0.0557. The molecule has 0 aliphatic rings. The third-order valence-electron chi connectivity index (χ3n) is 2.53. The zero-order valence-corrected chi connectivity index (χ0v) is 11.7. The molecule has 0 atom stereocenters. The molecule has 2 N–H and O–H groups in total. The molecule has 0 heterocycles. The number of ether oxygens (including phenoxy) is 2. The summed E-state index contributed by atoms with van der Waals surface area (Å²) in [7, 11) is 3.65. The lowest BCUT2D eigenvalue weighted by atomic mass is 10.1. The van der Waals surface area contributed by atoms with E-state index >= 15 is 0 Å². The lowest BCUT2D eigenvalue weighted by molar-refractivity contribution is -0.135. The number of carbonyl (C=O) groups is 4. The van der Waals surface area contributed by atoms with E-state index in [2.05, 4.69) is 20.1 Å². The molecule has 112 valence electrons. The van der Waals surface area contributed by atoms with Crippen molar-refractivity contribution in [3.8, 4) is 0 Å². The molecule has 0 fully saturated rings. The first kappa shape index (κ1) is 16.2. The Labute approximate surface area is 120 Å². The van der Waals surface area contributed by atoms with E-state index in [0.29, 0.717) is 0 Å². The quantitative estimate of drug-likeness (QED) is 0.597. The van der Waals surface area contributed by atoms with Gasteiger partial charge in [-0.2, -0.15) is 0 Å². The monoisotopic (exact) mass is 294 g/mol. The highest BCUT2D eigenvalue weighted by Gasteiger charge is 2.19. The average molecular weight is 294 g/mol. The van der Waals surface area contributed by atoms with Crippen LogP contribution in [0.1, 0.15) is 20.7 Å². The van der Waals surface area contributed by atoms with Crippen LogP contribution in [0.25, 0.3) is 0 Å². The van der Waals surface area contributed by atoms with Gasteiger partial charge >= 0.3 is 23.8 Å². The standard InChI is InChI=1S/C13H14N2O6/c1-14-10(16)11(17)15-9-6-7(12(18)20-2)4-5-8(9)13(19)21-3/h4-6H,1-3H3,(H,14,16)(H,15,17). The fourth-order valence-electron chi connectivity index (χ4n) is 1.47. The van der Waals surface area contributed by atoms with Crippen molar-refractivity contribution in [2.75, 3.05) is 26.6 Å². The van der Waals surface area contributed by atoms with Crippen molar-refractivity contribution < 1.29 is 28.7 Å². The number of nitrogens with one attached hydrogen (secondary N) is 2. The molecule has 2 amide bonds. The number of methoxy groups -OCH3 is 2. The Bertz CT molecular complexity index is 596. The number of likely N-dealkylation sites (N-methyl/N-ethyl adjacent to an activating group) is 1. The van der Waals surface area contributed by atoms with Gasteiger partial charge in [0.2, 0.25) is 0 Å². The van der Waals surface area contributed by atoms with Crippen molar-refractivity contribution in [1.29, 1.82) is 0 Å². The van der Waals surface area contributed by atoms with Crippen LogP contribution in [0.2, 0.25) is 0 Å². The summed E-state index contributed by atoms with van der Waals surface area (Å²) in [5.74, 6) is -3.25. The van der Waals surface area contributed by atoms with Gasteiger partial charge in [0.1, 0.15) is 0 Å². The summed E-state index contributed by atoms with van der Waals surface area (Å²) < 4.78 is 9.11. The fourth-order valence-corrected chi connectivity index (χ4v) is 1.47. The van der Waals surface area contributed by atoms with Gasteiger partial charge in [-0.05, 0) is 18.2 Å². The first-order valence-corrected chi connectivity index (χ1v) is 5.78. The maximum Gasteiger partial charge on any atom is 0.339 e. The molecule has 21 heavy (non-hydrogen) atoms. The topological polar surface area (TPSA) is 111 Å². The molecule has 1 rings (SSSR count). The number of hydrogen-bond acceptors (Lipinski definition) is 6. The van der Waals surface area contributed by atoms with Gasteiger partial charge in [-0.1, -0.05) is 0 Å². The molecular formula is C13H14N2O6. The van der Waals surface area contributed by atoms with Crippen LogP contribution in [0.15, 0.2) is 18.2 Å². The first-order chi connectivity index (χ1) is 9.94. The van der Waals surface area contributed by atoms with Gasteiger partial charge in [-0.25, -0.2) is 9.59 Å². The van der Waals surface area contributed by atoms with E-state index in [4.69, 9.17) is 0 Å². The van der Waals surface area contributed by atoms with Crippen LogP contribution in [0.3, 0.4) is 0 Å². The third-order valence-corrected chi connectivity index (χ3v) is 2.53. The second-order valence-corrected chi connectivity index (χ2v) is 3.78. The zero-order valence-electron chi connectivity index (χ0n) is 11.7. The van der Waals surface area contributed by atoms with E-state index in [0.717, 1.165) is 0 Å². The minimum Gasteiger partial charge on any atom is -0.465 e. The van der Waals surface area contributed by atoms with Crippen molar-refractivity contribution in [3.05, 3.63) is 29.3 Å². The molecule has 1 aromatic carbocycles. The largest absolute Gasteiger partial charge is 0.465 e. The highest BCUT2D eigenvalue weighted by atomic mass is 16.5. The molecule has 0 unspecified atom stereocenters. The van der Waals surface area contributed by atoms with Crippen molar-refractivity contribution in [2.24, 2.45) is 0 Å². The van der Waals surface area contributed by atoms with Crippen LogP contribution in [-0.4, -0.2) is 45.0 Å². The van der Waals surface area contributed by atoms with Crippen LogP contribution in [0, 0.1) is 0 Å². The van der Waals surface area contributed by atoms with E-state index < -0.39 is 23.8 Å². The summed E-state index contributed by atoms with van der Waals surface area (Å²) in [4.78, 5) is 45.9. The Morgan fingerprint density at radius 1 is 0.952 bits per heavy atom. The normalized spacial score (nSPS) is 9.48. The molecule has 1 aromatic rings. The van der Waals surface area contributed by atoms with Gasteiger partial charge in [-0.3, -0.25) is 9.59 Å². The third kappa shape index (κ3) is 3.78. The predicted molar refractivity (Wildman–Crippen MR) is 71.8 cm³/mol. The van der Waals surface area contributed by atoms with Gasteiger partial charge < -0.3 is 20.1 Å². The van der Waals surface area contributed by atoms with E-state index in [9.17, 15) is 19.2 Å². The van der Waals surface area contributed by atoms with Crippen LogP contribution in [0.5, 0.6) is 0 Å². The average Bonchev–Trinajstić information content (AvgIpc) is 2.52. The summed E-state index contributed by atoms with van der Waals surface area (Å²) in [5.41, 5.74) is 0.0816. The molecule has 0 aromatic heterocycles. The second-order valence-electron chi connectivity index (χ2n) is 3.78. The number of esters is 2. The molecule has 0 saturated carbocycles. The van der Waals surface area contributed by atoms with E-state index in [1.54, 1.807) is 0 Å². The molecule has 0 radical (unpaired) electrons. The molecule has 0 spiro atoms. The molecule has 0 bridgehead atoms. The minimum absolute atomic E-state index is 0.00223. The van der Waals surface area contributed by atoms with E-state index in [1.807, 2.05) is 0 Å². The van der Waals surface area contributed by atoms with Gasteiger partial charge in [0.05, 0.1) is 31.0 Å². The van der Waals surface area contributed by atoms with Crippen molar-refractivity contribution in [1.82, 2.24) is 5.32 Å². The minimum atomic E-state index is -0.982. The number of rotatable bonds is 3. The van der Waals surface area contributed by atoms with Crippen LogP contribution in [-0.2, 0) is 19.1 Å². The SMILES string of the molecule is CNC(=O)C(=O)Nc1cc(C(=O)OC)ccc1C(=O)OC. The number of amides is 2. The Balaban J connectivity index is 3.22. The smallest absolute Gasteiger partial charge is 0.339 e. The summed E-state index contributed by atoms with van der Waals surface area (Å²) in [6.07, 6.45) is 0. The molecule has 0 aliphatic carbocycles. The number of hydrogen-bond donors (Lipinski definition) is 2. The molecular weight excluding hydrogens is 280 g/mol. The number of benzene rings is 1. The van der Waals surface area contributed by atoms with Gasteiger partial charge in [0.25, 0.3) is 0 Å². The zero-order chi connectivity index (χ0) is 16.0.